The Morgan fingerprint density at radius 1 is 1.32 bits per heavy atom. The second kappa shape index (κ2) is 8.79. The van der Waals surface area contributed by atoms with Gasteiger partial charge in [-0.15, -0.1) is 11.3 Å². The Balaban J connectivity index is 1.55. The fraction of sp³-hybridized carbons (Fsp3) is 0.300. The summed E-state index contributed by atoms with van der Waals surface area (Å²) in [6.07, 6.45) is 6.97. The van der Waals surface area contributed by atoms with E-state index in [-0.39, 0.29) is 11.6 Å². The first-order chi connectivity index (χ1) is 13.5. The third kappa shape index (κ3) is 4.83. The molecule has 1 aromatic heterocycles. The largest absolute Gasteiger partial charge is 0.279 e. The van der Waals surface area contributed by atoms with Crippen LogP contribution in [0.4, 0.5) is 5.69 Å². The molecular weight excluding hydrogens is 378 g/mol. The molecule has 7 nitrogen and oxygen atoms in total. The third-order valence-corrected chi connectivity index (χ3v) is 6.03. The summed E-state index contributed by atoms with van der Waals surface area (Å²) < 4.78 is 0. The van der Waals surface area contributed by atoms with E-state index in [0.717, 1.165) is 25.7 Å². The predicted molar refractivity (Wildman–Crippen MR) is 108 cm³/mol. The lowest BCUT2D eigenvalue weighted by atomic mass is 9.87. The van der Waals surface area contributed by atoms with Crippen LogP contribution in [0.25, 0.3) is 6.08 Å². The molecule has 1 heterocycles. The van der Waals surface area contributed by atoms with Crippen molar-refractivity contribution in [1.29, 1.82) is 0 Å². The highest BCUT2D eigenvalue weighted by molar-refractivity contribution is 7.14. The van der Waals surface area contributed by atoms with E-state index >= 15 is 0 Å². The number of hydrogen-bond donors (Lipinski definition) is 2. The molecule has 0 saturated carbocycles. The highest BCUT2D eigenvalue weighted by Crippen LogP contribution is 2.33. The summed E-state index contributed by atoms with van der Waals surface area (Å²) in [5.74, 6) is -0.187. The average Bonchev–Trinajstić information content (AvgIpc) is 3.14. The number of rotatable bonds is 5. The molecule has 2 amide bonds. The minimum Gasteiger partial charge on any atom is -0.268 e. The van der Waals surface area contributed by atoms with Gasteiger partial charge in [0, 0.05) is 23.1 Å². The molecule has 1 aromatic carbocycles. The van der Waals surface area contributed by atoms with Crippen LogP contribution in [0.5, 0.6) is 0 Å². The summed E-state index contributed by atoms with van der Waals surface area (Å²) >= 11 is 1.48. The second-order valence-corrected chi connectivity index (χ2v) is 7.84. The highest BCUT2D eigenvalue weighted by Gasteiger charge is 2.22. The zero-order valence-corrected chi connectivity index (χ0v) is 16.3. The lowest BCUT2D eigenvalue weighted by Crippen LogP contribution is -2.40. The second-order valence-electron chi connectivity index (χ2n) is 6.70. The van der Waals surface area contributed by atoms with Crippen LogP contribution in [0.2, 0.25) is 0 Å². The molecule has 0 spiro atoms. The van der Waals surface area contributed by atoms with Crippen molar-refractivity contribution in [2.45, 2.75) is 32.6 Å². The van der Waals surface area contributed by atoms with Crippen molar-refractivity contribution in [2.24, 2.45) is 5.92 Å². The SMILES string of the molecule is CC[C@H]1CCc2sc(C(=O)NNC(=O)/C=C/c3cccc([N+](=O)[O-])c3)cc2C1. The summed E-state index contributed by atoms with van der Waals surface area (Å²) in [5.41, 5.74) is 6.46. The first-order valence-corrected chi connectivity index (χ1v) is 9.92. The van der Waals surface area contributed by atoms with Gasteiger partial charge in [-0.3, -0.25) is 30.6 Å². The standard InChI is InChI=1S/C20H21N3O4S/c1-2-13-6-8-17-15(10-13)12-18(28-17)20(25)22-21-19(24)9-7-14-4-3-5-16(11-14)23(26)27/h3-5,7,9,11-13H,2,6,8,10H2,1H3,(H,21,24)(H,22,25)/b9-7+/t13-/m0/s1. The fourth-order valence-corrected chi connectivity index (χ4v) is 4.30. The summed E-state index contributed by atoms with van der Waals surface area (Å²) in [7, 11) is 0. The molecule has 0 aliphatic heterocycles. The van der Waals surface area contributed by atoms with Gasteiger partial charge in [-0.05, 0) is 48.4 Å². The molecule has 146 valence electrons. The van der Waals surface area contributed by atoms with E-state index < -0.39 is 10.8 Å². The van der Waals surface area contributed by atoms with Gasteiger partial charge in [0.2, 0.25) is 0 Å². The molecule has 0 radical (unpaired) electrons. The van der Waals surface area contributed by atoms with Gasteiger partial charge in [0.1, 0.15) is 0 Å². The number of carbonyl (C=O) groups is 2. The maximum atomic E-state index is 12.3. The van der Waals surface area contributed by atoms with Crippen LogP contribution in [0.1, 0.15) is 45.4 Å². The van der Waals surface area contributed by atoms with E-state index in [1.54, 1.807) is 12.1 Å². The van der Waals surface area contributed by atoms with Crippen LogP contribution in [0, 0.1) is 16.0 Å². The van der Waals surface area contributed by atoms with E-state index in [9.17, 15) is 19.7 Å². The molecule has 2 N–H and O–H groups in total. The third-order valence-electron chi connectivity index (χ3n) is 4.79. The van der Waals surface area contributed by atoms with Gasteiger partial charge in [-0.1, -0.05) is 25.5 Å². The number of benzene rings is 1. The molecule has 2 aromatic rings. The van der Waals surface area contributed by atoms with Gasteiger partial charge in [0.25, 0.3) is 17.5 Å². The van der Waals surface area contributed by atoms with Crippen LogP contribution in [0.3, 0.4) is 0 Å². The van der Waals surface area contributed by atoms with Crippen LogP contribution in [0.15, 0.2) is 36.4 Å². The lowest BCUT2D eigenvalue weighted by molar-refractivity contribution is -0.384. The molecule has 0 unspecified atom stereocenters. The molecule has 1 aliphatic carbocycles. The number of amides is 2. The summed E-state index contributed by atoms with van der Waals surface area (Å²) in [6.45, 7) is 2.19. The smallest absolute Gasteiger partial charge is 0.268 e. The first kappa shape index (κ1) is 19.8. The predicted octanol–water partition coefficient (Wildman–Crippen LogP) is 3.65. The first-order valence-electron chi connectivity index (χ1n) is 9.10. The van der Waals surface area contributed by atoms with E-state index in [0.29, 0.717) is 16.4 Å². The van der Waals surface area contributed by atoms with Crippen LogP contribution < -0.4 is 10.9 Å². The topological polar surface area (TPSA) is 101 Å². The molecular formula is C20H21N3O4S. The van der Waals surface area contributed by atoms with Crippen molar-refractivity contribution in [3.05, 3.63) is 67.4 Å². The summed E-state index contributed by atoms with van der Waals surface area (Å²) in [6, 6.07) is 7.85. The molecule has 1 atom stereocenters. The minimum atomic E-state index is -0.521. The zero-order chi connectivity index (χ0) is 20.1. The van der Waals surface area contributed by atoms with E-state index in [2.05, 4.69) is 17.8 Å². The van der Waals surface area contributed by atoms with E-state index in [1.165, 1.54) is 46.1 Å². The number of non-ortho nitro benzene ring substituents is 1. The molecule has 0 fully saturated rings. The number of nitrogens with zero attached hydrogens (tertiary/aromatic N) is 1. The van der Waals surface area contributed by atoms with Crippen molar-refractivity contribution in [3.8, 4) is 0 Å². The number of hydrazine groups is 1. The Kier molecular flexibility index (Phi) is 6.20. The lowest BCUT2D eigenvalue weighted by Gasteiger charge is -2.19. The van der Waals surface area contributed by atoms with Gasteiger partial charge < -0.3 is 0 Å². The minimum absolute atomic E-state index is 0.0529. The van der Waals surface area contributed by atoms with Crippen LogP contribution >= 0.6 is 11.3 Å². The molecule has 28 heavy (non-hydrogen) atoms. The molecule has 1 aliphatic rings. The van der Waals surface area contributed by atoms with Crippen LogP contribution in [-0.2, 0) is 17.6 Å². The highest BCUT2D eigenvalue weighted by atomic mass is 32.1. The number of nitrogens with one attached hydrogen (secondary N) is 2. The van der Waals surface area contributed by atoms with E-state index in [1.807, 2.05) is 6.07 Å². The Morgan fingerprint density at radius 3 is 2.89 bits per heavy atom. The monoisotopic (exact) mass is 399 g/mol. The van der Waals surface area contributed by atoms with Crippen molar-refractivity contribution in [3.63, 3.8) is 0 Å². The van der Waals surface area contributed by atoms with Crippen molar-refractivity contribution in [1.82, 2.24) is 10.9 Å². The van der Waals surface area contributed by atoms with Gasteiger partial charge in [0.15, 0.2) is 0 Å². The summed E-state index contributed by atoms with van der Waals surface area (Å²) in [4.78, 5) is 36.3. The Labute approximate surface area is 166 Å². The number of nitro groups is 1. The number of nitro benzene ring substituents is 1. The van der Waals surface area contributed by atoms with Gasteiger partial charge in [-0.2, -0.15) is 0 Å². The number of carbonyl (C=O) groups excluding carboxylic acids is 2. The van der Waals surface area contributed by atoms with E-state index in [4.69, 9.17) is 0 Å². The Hall–Kier alpha value is -3.00. The van der Waals surface area contributed by atoms with Crippen molar-refractivity contribution >= 4 is 34.9 Å². The fourth-order valence-electron chi connectivity index (χ4n) is 3.20. The van der Waals surface area contributed by atoms with Crippen molar-refractivity contribution in [2.75, 3.05) is 0 Å². The van der Waals surface area contributed by atoms with Gasteiger partial charge in [0.05, 0.1) is 9.80 Å². The van der Waals surface area contributed by atoms with Gasteiger partial charge in [-0.25, -0.2) is 0 Å². The zero-order valence-electron chi connectivity index (χ0n) is 15.4. The number of aryl methyl sites for hydroxylation is 1. The molecule has 0 saturated heterocycles. The quantitative estimate of drug-likeness (QED) is 0.455. The number of thiophene rings is 1. The average molecular weight is 399 g/mol. The van der Waals surface area contributed by atoms with Gasteiger partial charge >= 0.3 is 0 Å². The van der Waals surface area contributed by atoms with Crippen molar-refractivity contribution < 1.29 is 14.5 Å². The Bertz CT molecular complexity index is 935. The Morgan fingerprint density at radius 2 is 2.14 bits per heavy atom. The maximum absolute atomic E-state index is 12.3. The number of fused-ring (bicyclic) bond motifs is 1. The molecule has 8 heteroatoms. The number of hydrogen-bond acceptors (Lipinski definition) is 5. The summed E-state index contributed by atoms with van der Waals surface area (Å²) in [5, 5.41) is 10.8. The normalized spacial score (nSPS) is 15.8. The molecule has 0 bridgehead atoms. The maximum Gasteiger partial charge on any atom is 0.279 e. The molecule has 3 rings (SSSR count). The van der Waals surface area contributed by atoms with Crippen LogP contribution in [-0.4, -0.2) is 16.7 Å².